The molecule has 1 atom stereocenters. The number of carbonyl (C=O) groups is 2. The average molecular weight is 350 g/mol. The first kappa shape index (κ1) is 19.9. The van der Waals surface area contributed by atoms with Crippen LogP contribution in [0.1, 0.15) is 26.2 Å². The summed E-state index contributed by atoms with van der Waals surface area (Å²) in [6.45, 7) is 2.67. The second-order valence-electron chi connectivity index (χ2n) is 4.84. The van der Waals surface area contributed by atoms with Crippen LogP contribution in [0.15, 0.2) is 29.2 Å². The number of hydrogen-bond acceptors (Lipinski definition) is 5. The quantitative estimate of drug-likeness (QED) is 0.142. The highest BCUT2D eigenvalue weighted by atomic mass is 32.2. The first-order valence-electron chi connectivity index (χ1n) is 7.61. The van der Waals surface area contributed by atoms with E-state index in [-0.39, 0.29) is 0 Å². The van der Waals surface area contributed by atoms with Gasteiger partial charge in [0.15, 0.2) is 0 Å². The van der Waals surface area contributed by atoms with Gasteiger partial charge in [-0.25, -0.2) is 5.48 Å². The summed E-state index contributed by atoms with van der Waals surface area (Å²) in [6.07, 6.45) is 2.80. The summed E-state index contributed by atoms with van der Waals surface area (Å²) < 4.78 is 5.44. The highest BCUT2D eigenvalue weighted by molar-refractivity contribution is 8.00. The summed E-state index contributed by atoms with van der Waals surface area (Å²) in [7, 11) is 0. The molecule has 0 radical (unpaired) electrons. The number of thioether (sulfide) groups is 1. The molecule has 0 aliphatic heterocycles. The molecular formula is C17H22N2O4S. The zero-order valence-electron chi connectivity index (χ0n) is 13.6. The standard InChI is InChI=1S/C17H22N2O4S/c1-2-3-12-23-14-7-9-15(10-8-14)24-16(17(21)19-22)6-4-5-11-18-13-20/h7-10,13,16,22H,4-6,11-12H2,1H3,(H,18,20)(H,19,21). The molecule has 0 aliphatic rings. The minimum absolute atomic E-state index is 0.341. The Morgan fingerprint density at radius 3 is 2.75 bits per heavy atom. The third-order valence-electron chi connectivity index (χ3n) is 3.11. The Morgan fingerprint density at radius 1 is 1.38 bits per heavy atom. The summed E-state index contributed by atoms with van der Waals surface area (Å²) in [5.74, 6) is 5.86. The molecule has 1 unspecified atom stereocenters. The van der Waals surface area contributed by atoms with Crippen LogP contribution in [0.25, 0.3) is 0 Å². The van der Waals surface area contributed by atoms with Crippen molar-refractivity contribution in [3.8, 4) is 17.6 Å². The number of hydrogen-bond donors (Lipinski definition) is 3. The molecule has 0 saturated heterocycles. The number of nitrogens with one attached hydrogen (secondary N) is 2. The second kappa shape index (κ2) is 12.3. The van der Waals surface area contributed by atoms with Gasteiger partial charge in [0.05, 0.1) is 5.25 Å². The van der Waals surface area contributed by atoms with E-state index in [0.717, 1.165) is 17.7 Å². The lowest BCUT2D eigenvalue weighted by molar-refractivity contribution is -0.128. The van der Waals surface area contributed by atoms with Crippen molar-refractivity contribution in [2.24, 2.45) is 0 Å². The van der Waals surface area contributed by atoms with Crippen LogP contribution in [-0.2, 0) is 9.59 Å². The van der Waals surface area contributed by atoms with E-state index in [9.17, 15) is 9.59 Å². The molecule has 0 fully saturated rings. The van der Waals surface area contributed by atoms with Gasteiger partial charge in [-0.05, 0) is 44.0 Å². The zero-order valence-corrected chi connectivity index (χ0v) is 14.4. The van der Waals surface area contributed by atoms with E-state index in [1.54, 1.807) is 12.4 Å². The van der Waals surface area contributed by atoms with E-state index < -0.39 is 11.2 Å². The van der Waals surface area contributed by atoms with Gasteiger partial charge in [0.1, 0.15) is 12.4 Å². The summed E-state index contributed by atoms with van der Waals surface area (Å²) in [6, 6.07) is 7.37. The lowest BCUT2D eigenvalue weighted by Crippen LogP contribution is -2.30. The molecule has 0 aliphatic carbocycles. The average Bonchev–Trinajstić information content (AvgIpc) is 2.61. The molecule has 7 heteroatoms. The summed E-state index contributed by atoms with van der Waals surface area (Å²) in [5.41, 5.74) is 1.71. The number of benzene rings is 1. The summed E-state index contributed by atoms with van der Waals surface area (Å²) in [5, 5.41) is 11.1. The molecule has 130 valence electrons. The van der Waals surface area contributed by atoms with Crippen molar-refractivity contribution in [3.05, 3.63) is 24.3 Å². The first-order chi connectivity index (χ1) is 11.7. The molecule has 0 saturated carbocycles. The number of hydroxylamine groups is 1. The number of ether oxygens (including phenoxy) is 1. The second-order valence-corrected chi connectivity index (χ2v) is 6.11. The maximum atomic E-state index is 11.8. The fourth-order valence-corrected chi connectivity index (χ4v) is 2.97. The van der Waals surface area contributed by atoms with Gasteiger partial charge in [-0.3, -0.25) is 14.8 Å². The molecule has 0 spiro atoms. The third kappa shape index (κ3) is 7.90. The van der Waals surface area contributed by atoms with E-state index in [1.165, 1.54) is 11.8 Å². The van der Waals surface area contributed by atoms with Crippen LogP contribution >= 0.6 is 11.8 Å². The van der Waals surface area contributed by atoms with Gasteiger partial charge < -0.3 is 10.1 Å². The van der Waals surface area contributed by atoms with Gasteiger partial charge in [-0.1, -0.05) is 12.3 Å². The van der Waals surface area contributed by atoms with Crippen LogP contribution < -0.4 is 15.5 Å². The molecule has 1 aromatic carbocycles. The maximum absolute atomic E-state index is 11.8. The van der Waals surface area contributed by atoms with E-state index in [1.807, 2.05) is 24.3 Å². The fraction of sp³-hybridized carbons (Fsp3) is 0.412. The minimum atomic E-state index is -0.429. The van der Waals surface area contributed by atoms with Crippen molar-refractivity contribution in [2.45, 2.75) is 36.3 Å². The largest absolute Gasteiger partial charge is 0.481 e. The van der Waals surface area contributed by atoms with Crippen molar-refractivity contribution < 1.29 is 19.5 Å². The molecule has 24 heavy (non-hydrogen) atoms. The van der Waals surface area contributed by atoms with Gasteiger partial charge in [-0.2, -0.15) is 0 Å². The summed E-state index contributed by atoms with van der Waals surface area (Å²) in [4.78, 5) is 22.9. The topological polar surface area (TPSA) is 87.7 Å². The fourth-order valence-electron chi connectivity index (χ4n) is 1.90. The molecule has 0 aromatic heterocycles. The maximum Gasteiger partial charge on any atom is 0.256 e. The predicted octanol–water partition coefficient (Wildman–Crippen LogP) is 1.97. The van der Waals surface area contributed by atoms with Crippen LogP contribution in [0.4, 0.5) is 0 Å². The van der Waals surface area contributed by atoms with Crippen molar-refractivity contribution >= 4 is 24.1 Å². The smallest absolute Gasteiger partial charge is 0.256 e. The minimum Gasteiger partial charge on any atom is -0.481 e. The molecule has 1 aromatic rings. The SMILES string of the molecule is CC#CCOc1ccc(SC(CCCCNC=O)C(=O)NO)cc1. The normalized spacial score (nSPS) is 10.9. The van der Waals surface area contributed by atoms with E-state index in [4.69, 9.17) is 9.94 Å². The van der Waals surface area contributed by atoms with Gasteiger partial charge in [-0.15, -0.1) is 17.7 Å². The molecule has 0 heterocycles. The molecule has 2 amide bonds. The Hall–Kier alpha value is -2.17. The highest BCUT2D eigenvalue weighted by Gasteiger charge is 2.19. The van der Waals surface area contributed by atoms with Crippen LogP contribution in [0, 0.1) is 11.8 Å². The van der Waals surface area contributed by atoms with Gasteiger partial charge >= 0.3 is 0 Å². The first-order valence-corrected chi connectivity index (χ1v) is 8.49. The van der Waals surface area contributed by atoms with Crippen molar-refractivity contribution in [1.82, 2.24) is 10.8 Å². The molecule has 6 nitrogen and oxygen atoms in total. The zero-order chi connectivity index (χ0) is 17.6. The number of unbranched alkanes of at least 4 members (excludes halogenated alkanes) is 1. The molecule has 1 rings (SSSR count). The number of amides is 2. The Balaban J connectivity index is 2.53. The Morgan fingerprint density at radius 2 is 2.12 bits per heavy atom. The van der Waals surface area contributed by atoms with Crippen LogP contribution in [0.3, 0.4) is 0 Å². The lowest BCUT2D eigenvalue weighted by Gasteiger charge is -2.14. The lowest BCUT2D eigenvalue weighted by atomic mass is 10.2. The van der Waals surface area contributed by atoms with E-state index in [2.05, 4.69) is 17.2 Å². The molecular weight excluding hydrogens is 328 g/mol. The summed E-state index contributed by atoms with van der Waals surface area (Å²) >= 11 is 1.38. The van der Waals surface area contributed by atoms with Crippen molar-refractivity contribution in [2.75, 3.05) is 13.2 Å². The Bertz CT molecular complexity index is 566. The van der Waals surface area contributed by atoms with Crippen molar-refractivity contribution in [1.29, 1.82) is 0 Å². The van der Waals surface area contributed by atoms with E-state index in [0.29, 0.717) is 31.7 Å². The van der Waals surface area contributed by atoms with Crippen LogP contribution in [0.5, 0.6) is 5.75 Å². The number of rotatable bonds is 11. The molecule has 0 bridgehead atoms. The van der Waals surface area contributed by atoms with Gasteiger partial charge in [0.25, 0.3) is 5.91 Å². The van der Waals surface area contributed by atoms with E-state index >= 15 is 0 Å². The van der Waals surface area contributed by atoms with Gasteiger partial charge in [0.2, 0.25) is 6.41 Å². The highest BCUT2D eigenvalue weighted by Crippen LogP contribution is 2.28. The Labute approximate surface area is 146 Å². The van der Waals surface area contributed by atoms with Crippen molar-refractivity contribution in [3.63, 3.8) is 0 Å². The van der Waals surface area contributed by atoms with Crippen LogP contribution in [0.2, 0.25) is 0 Å². The monoisotopic (exact) mass is 350 g/mol. The number of carbonyl (C=O) groups excluding carboxylic acids is 2. The molecule has 3 N–H and O–H groups in total. The van der Waals surface area contributed by atoms with Gasteiger partial charge in [0, 0.05) is 11.4 Å². The van der Waals surface area contributed by atoms with Crippen LogP contribution in [-0.4, -0.2) is 35.9 Å². The third-order valence-corrected chi connectivity index (χ3v) is 4.39. The Kier molecular flexibility index (Phi) is 10.2. The predicted molar refractivity (Wildman–Crippen MR) is 92.9 cm³/mol.